The van der Waals surface area contributed by atoms with Crippen LogP contribution in [-0.2, 0) is 4.74 Å². The first-order chi connectivity index (χ1) is 12.0. The van der Waals surface area contributed by atoms with Crippen molar-refractivity contribution in [2.24, 2.45) is 0 Å². The third-order valence-electron chi connectivity index (χ3n) is 3.19. The minimum atomic E-state index is -0.425. The standard InChI is InChI=1S/C16H16Cl2N4O3/c1-25-9-12(22-16(24)11-3-5-20-14(18)7-11)8-21-15(23)10-2-4-19-13(17)6-10/h2-7,12H,8-9H2,1H3,(H,21,23)(H,22,24). The van der Waals surface area contributed by atoms with Gasteiger partial charge in [-0.05, 0) is 24.3 Å². The maximum Gasteiger partial charge on any atom is 0.251 e. The second-order valence-electron chi connectivity index (χ2n) is 5.07. The highest BCUT2D eigenvalue weighted by Gasteiger charge is 2.16. The van der Waals surface area contributed by atoms with Crippen LogP contribution in [0.5, 0.6) is 0 Å². The summed E-state index contributed by atoms with van der Waals surface area (Å²) in [6.45, 7) is 0.402. The van der Waals surface area contributed by atoms with Gasteiger partial charge >= 0.3 is 0 Å². The lowest BCUT2D eigenvalue weighted by Gasteiger charge is -2.18. The van der Waals surface area contributed by atoms with Crippen LogP contribution in [-0.4, -0.2) is 48.1 Å². The minimum absolute atomic E-state index is 0.178. The van der Waals surface area contributed by atoms with E-state index in [1.54, 1.807) is 12.1 Å². The number of carbonyl (C=O) groups excluding carboxylic acids is 2. The van der Waals surface area contributed by atoms with Gasteiger partial charge in [0, 0.05) is 37.2 Å². The summed E-state index contributed by atoms with van der Waals surface area (Å²) in [5.41, 5.74) is 0.747. The number of methoxy groups -OCH3 is 1. The predicted molar refractivity (Wildman–Crippen MR) is 94.0 cm³/mol. The molecule has 2 aromatic heterocycles. The zero-order chi connectivity index (χ0) is 18.2. The highest BCUT2D eigenvalue weighted by molar-refractivity contribution is 6.30. The number of halogens is 2. The molecular formula is C16H16Cl2N4O3. The zero-order valence-electron chi connectivity index (χ0n) is 13.3. The van der Waals surface area contributed by atoms with Gasteiger partial charge in [-0.3, -0.25) is 9.59 Å². The quantitative estimate of drug-likeness (QED) is 0.713. The average molecular weight is 383 g/mol. The van der Waals surface area contributed by atoms with Crippen LogP contribution < -0.4 is 10.6 Å². The molecule has 0 spiro atoms. The van der Waals surface area contributed by atoms with E-state index in [4.69, 9.17) is 27.9 Å². The number of hydrogen-bond donors (Lipinski definition) is 2. The molecule has 25 heavy (non-hydrogen) atoms. The maximum absolute atomic E-state index is 12.2. The molecule has 2 N–H and O–H groups in total. The van der Waals surface area contributed by atoms with E-state index < -0.39 is 6.04 Å². The molecule has 2 amide bonds. The summed E-state index contributed by atoms with van der Waals surface area (Å²) in [6.07, 6.45) is 2.89. The Hall–Kier alpha value is -2.22. The van der Waals surface area contributed by atoms with Crippen molar-refractivity contribution in [3.05, 3.63) is 58.1 Å². The van der Waals surface area contributed by atoms with Gasteiger partial charge in [0.25, 0.3) is 11.8 Å². The molecule has 0 saturated carbocycles. The summed E-state index contributed by atoms with van der Waals surface area (Å²) in [5, 5.41) is 5.94. The number of aromatic nitrogens is 2. The van der Waals surface area contributed by atoms with Crippen molar-refractivity contribution in [3.63, 3.8) is 0 Å². The molecule has 1 unspecified atom stereocenters. The van der Waals surface area contributed by atoms with Crippen LogP contribution in [0.25, 0.3) is 0 Å². The molecule has 1 atom stereocenters. The first-order valence-corrected chi connectivity index (χ1v) is 8.06. The number of carbonyl (C=O) groups is 2. The molecule has 0 bridgehead atoms. The molecule has 0 aliphatic heterocycles. The smallest absolute Gasteiger partial charge is 0.251 e. The molecule has 0 saturated heterocycles. The largest absolute Gasteiger partial charge is 0.382 e. The van der Waals surface area contributed by atoms with E-state index in [-0.39, 0.29) is 35.3 Å². The summed E-state index contributed by atoms with van der Waals surface area (Å²) in [5.74, 6) is -0.667. The van der Waals surface area contributed by atoms with Gasteiger partial charge in [-0.1, -0.05) is 23.2 Å². The van der Waals surface area contributed by atoms with E-state index >= 15 is 0 Å². The molecule has 0 aliphatic rings. The lowest BCUT2D eigenvalue weighted by Crippen LogP contribution is -2.46. The number of pyridine rings is 2. The normalized spacial score (nSPS) is 11.6. The number of amides is 2. The van der Waals surface area contributed by atoms with Crippen LogP contribution >= 0.6 is 23.2 Å². The van der Waals surface area contributed by atoms with Crippen molar-refractivity contribution in [3.8, 4) is 0 Å². The topological polar surface area (TPSA) is 93.2 Å². The Labute approximate surface area is 154 Å². The van der Waals surface area contributed by atoms with Crippen LogP contribution in [0.4, 0.5) is 0 Å². The van der Waals surface area contributed by atoms with Gasteiger partial charge in [0.2, 0.25) is 0 Å². The molecule has 2 heterocycles. The van der Waals surface area contributed by atoms with Gasteiger partial charge in [0.05, 0.1) is 12.6 Å². The Balaban J connectivity index is 1.96. The molecule has 132 valence electrons. The second-order valence-corrected chi connectivity index (χ2v) is 5.84. The molecule has 0 aromatic carbocycles. The highest BCUT2D eigenvalue weighted by Crippen LogP contribution is 2.08. The molecule has 2 rings (SSSR count). The van der Waals surface area contributed by atoms with Gasteiger partial charge in [-0.25, -0.2) is 9.97 Å². The first kappa shape index (κ1) is 19.1. The first-order valence-electron chi connectivity index (χ1n) is 7.30. The highest BCUT2D eigenvalue weighted by atomic mass is 35.5. The SMILES string of the molecule is COCC(CNC(=O)c1ccnc(Cl)c1)NC(=O)c1ccnc(Cl)c1. The number of ether oxygens (including phenoxy) is 1. The maximum atomic E-state index is 12.2. The fourth-order valence-corrected chi connectivity index (χ4v) is 2.37. The van der Waals surface area contributed by atoms with E-state index in [0.29, 0.717) is 11.1 Å². The Kier molecular flexibility index (Phi) is 7.12. The second kappa shape index (κ2) is 9.31. The van der Waals surface area contributed by atoms with Crippen molar-refractivity contribution in [2.45, 2.75) is 6.04 Å². The third-order valence-corrected chi connectivity index (χ3v) is 3.60. The van der Waals surface area contributed by atoms with E-state index in [9.17, 15) is 9.59 Å². The third kappa shape index (κ3) is 5.97. The van der Waals surface area contributed by atoms with Gasteiger partial charge in [0.1, 0.15) is 10.3 Å². The van der Waals surface area contributed by atoms with Crippen LogP contribution in [0.2, 0.25) is 10.3 Å². The molecular weight excluding hydrogens is 367 g/mol. The van der Waals surface area contributed by atoms with Crippen molar-refractivity contribution >= 4 is 35.0 Å². The van der Waals surface area contributed by atoms with E-state index in [2.05, 4.69) is 20.6 Å². The number of hydrogen-bond acceptors (Lipinski definition) is 5. The van der Waals surface area contributed by atoms with Crippen LogP contribution in [0.1, 0.15) is 20.7 Å². The zero-order valence-corrected chi connectivity index (χ0v) is 14.8. The lowest BCUT2D eigenvalue weighted by atomic mass is 10.2. The fraction of sp³-hybridized carbons (Fsp3) is 0.250. The van der Waals surface area contributed by atoms with Crippen LogP contribution in [0.15, 0.2) is 36.7 Å². The van der Waals surface area contributed by atoms with Gasteiger partial charge in [-0.2, -0.15) is 0 Å². The van der Waals surface area contributed by atoms with Gasteiger partial charge in [0.15, 0.2) is 0 Å². The summed E-state index contributed by atoms with van der Waals surface area (Å²) in [7, 11) is 1.51. The molecule has 9 heteroatoms. The van der Waals surface area contributed by atoms with Gasteiger partial charge in [-0.15, -0.1) is 0 Å². The van der Waals surface area contributed by atoms with Crippen molar-refractivity contribution in [1.29, 1.82) is 0 Å². The monoisotopic (exact) mass is 382 g/mol. The summed E-state index contributed by atoms with van der Waals surface area (Å²) in [4.78, 5) is 32.0. The van der Waals surface area contributed by atoms with E-state index in [1.807, 2.05) is 0 Å². The molecule has 0 fully saturated rings. The average Bonchev–Trinajstić information content (AvgIpc) is 2.59. The van der Waals surface area contributed by atoms with Crippen molar-refractivity contribution < 1.29 is 14.3 Å². The molecule has 0 radical (unpaired) electrons. The van der Waals surface area contributed by atoms with E-state index in [0.717, 1.165) is 0 Å². The van der Waals surface area contributed by atoms with Crippen molar-refractivity contribution in [1.82, 2.24) is 20.6 Å². The molecule has 0 aliphatic carbocycles. The Bertz CT molecular complexity index is 758. The lowest BCUT2D eigenvalue weighted by molar-refractivity contribution is 0.0866. The Morgan fingerprint density at radius 2 is 1.64 bits per heavy atom. The number of nitrogens with zero attached hydrogens (tertiary/aromatic N) is 2. The van der Waals surface area contributed by atoms with Crippen LogP contribution in [0, 0.1) is 0 Å². The number of nitrogens with one attached hydrogen (secondary N) is 2. The molecule has 2 aromatic rings. The predicted octanol–water partition coefficient (Wildman–Crippen LogP) is 1.96. The summed E-state index contributed by atoms with van der Waals surface area (Å²) < 4.78 is 5.09. The summed E-state index contributed by atoms with van der Waals surface area (Å²) in [6, 6.07) is 5.58. The van der Waals surface area contributed by atoms with Gasteiger partial charge < -0.3 is 15.4 Å². The molecule has 7 nitrogen and oxygen atoms in total. The van der Waals surface area contributed by atoms with Crippen molar-refractivity contribution in [2.75, 3.05) is 20.3 Å². The van der Waals surface area contributed by atoms with E-state index in [1.165, 1.54) is 31.6 Å². The Morgan fingerprint density at radius 3 is 2.16 bits per heavy atom. The summed E-state index contributed by atoms with van der Waals surface area (Å²) >= 11 is 11.5. The Morgan fingerprint density at radius 1 is 1.08 bits per heavy atom. The fourth-order valence-electron chi connectivity index (χ4n) is 2.03. The van der Waals surface area contributed by atoms with Crippen LogP contribution in [0.3, 0.4) is 0 Å². The minimum Gasteiger partial charge on any atom is -0.382 e. The number of rotatable bonds is 7.